The number of carbonyl (C=O) groups is 2. The number of hydrogen-bond donors (Lipinski definition) is 1. The van der Waals surface area contributed by atoms with E-state index in [1.807, 2.05) is 48.5 Å². The Morgan fingerprint density at radius 2 is 1.54 bits per heavy atom. The van der Waals surface area contributed by atoms with Crippen molar-refractivity contribution in [3.05, 3.63) is 107 Å². The summed E-state index contributed by atoms with van der Waals surface area (Å²) < 4.78 is 8.98. The highest BCUT2D eigenvalue weighted by Gasteiger charge is 2.29. The maximum Gasteiger partial charge on any atom is 0.272 e. The summed E-state index contributed by atoms with van der Waals surface area (Å²) in [5.74, 6) is -0.237. The number of hydrogen-bond acceptors (Lipinski definition) is 5. The highest BCUT2D eigenvalue weighted by atomic mass is 16.5. The molecule has 0 radical (unpaired) electrons. The molecule has 0 aliphatic carbocycles. The molecule has 0 bridgehead atoms. The summed E-state index contributed by atoms with van der Waals surface area (Å²) in [5.41, 5.74) is 2.87. The largest absolute Gasteiger partial charge is 0.493 e. The summed E-state index contributed by atoms with van der Waals surface area (Å²) in [7, 11) is 3.25. The van der Waals surface area contributed by atoms with Crippen LogP contribution in [0.4, 0.5) is 5.69 Å². The van der Waals surface area contributed by atoms with Gasteiger partial charge in [-0.2, -0.15) is 0 Å². The molecule has 1 amide bonds. The van der Waals surface area contributed by atoms with Gasteiger partial charge in [0.15, 0.2) is 17.2 Å². The van der Waals surface area contributed by atoms with Crippen LogP contribution in [-0.4, -0.2) is 47.1 Å². The van der Waals surface area contributed by atoms with Crippen molar-refractivity contribution in [1.82, 2.24) is 14.5 Å². The van der Waals surface area contributed by atoms with Crippen LogP contribution in [-0.2, 0) is 13.6 Å². The second-order valence-corrected chi connectivity index (χ2v) is 10.4. The van der Waals surface area contributed by atoms with Crippen molar-refractivity contribution >= 4 is 39.2 Å². The highest BCUT2D eigenvalue weighted by molar-refractivity contribution is 6.12. The Kier molecular flexibility index (Phi) is 7.05. The van der Waals surface area contributed by atoms with Gasteiger partial charge in [0.25, 0.3) is 11.5 Å². The molecule has 0 spiro atoms. The fourth-order valence-corrected chi connectivity index (χ4v) is 5.97. The number of Topliss-reactive ketones (excluding diaryl/α,β-unsaturated/α-hetero) is 1. The van der Waals surface area contributed by atoms with E-state index in [9.17, 15) is 14.4 Å². The minimum Gasteiger partial charge on any atom is -0.493 e. The summed E-state index contributed by atoms with van der Waals surface area (Å²) in [5, 5.41) is 4.24. The molecule has 2 aromatic heterocycles. The molecule has 3 aromatic carbocycles. The monoisotopic (exact) mass is 548 g/mol. The Balaban J connectivity index is 1.36. The van der Waals surface area contributed by atoms with Gasteiger partial charge in [0.1, 0.15) is 5.39 Å². The fourth-order valence-electron chi connectivity index (χ4n) is 5.97. The van der Waals surface area contributed by atoms with Crippen molar-refractivity contribution in [2.45, 2.75) is 25.4 Å². The molecule has 1 saturated heterocycles. The molecule has 1 aliphatic rings. The number of nitrogens with zero attached hydrogens (tertiary/aromatic N) is 3. The van der Waals surface area contributed by atoms with E-state index in [2.05, 4.69) is 22.3 Å². The molecule has 6 rings (SSSR count). The number of piperidine rings is 1. The van der Waals surface area contributed by atoms with Crippen molar-refractivity contribution in [2.24, 2.45) is 7.05 Å². The van der Waals surface area contributed by atoms with Gasteiger partial charge in [-0.3, -0.25) is 19.0 Å². The number of ketones is 1. The number of nitrogens with one attached hydrogen (secondary N) is 1. The van der Waals surface area contributed by atoms with Crippen LogP contribution in [0.5, 0.6) is 5.75 Å². The first kappa shape index (κ1) is 26.4. The van der Waals surface area contributed by atoms with Gasteiger partial charge in [0.2, 0.25) is 0 Å². The molecule has 5 aromatic rings. The summed E-state index contributed by atoms with van der Waals surface area (Å²) in [6, 6.07) is 26.7. The van der Waals surface area contributed by atoms with Crippen LogP contribution in [0.3, 0.4) is 0 Å². The number of aromatic nitrogens is 2. The van der Waals surface area contributed by atoms with Crippen LogP contribution in [0.1, 0.15) is 33.7 Å². The van der Waals surface area contributed by atoms with Crippen LogP contribution in [0, 0.1) is 0 Å². The maximum atomic E-state index is 14.0. The minimum absolute atomic E-state index is 0.00192. The van der Waals surface area contributed by atoms with Crippen LogP contribution < -0.4 is 20.5 Å². The predicted molar refractivity (Wildman–Crippen MR) is 161 cm³/mol. The van der Waals surface area contributed by atoms with Crippen molar-refractivity contribution in [3.8, 4) is 5.75 Å². The number of pyridine rings is 1. The summed E-state index contributed by atoms with van der Waals surface area (Å²) >= 11 is 0. The molecule has 8 heteroatoms. The Labute approximate surface area is 237 Å². The third kappa shape index (κ3) is 4.75. The Morgan fingerprint density at radius 1 is 0.902 bits per heavy atom. The van der Waals surface area contributed by atoms with E-state index >= 15 is 0 Å². The molecule has 1 fully saturated rings. The predicted octanol–water partition coefficient (Wildman–Crippen LogP) is 4.78. The zero-order chi connectivity index (χ0) is 28.5. The van der Waals surface area contributed by atoms with Crippen molar-refractivity contribution in [1.29, 1.82) is 0 Å². The van der Waals surface area contributed by atoms with Crippen molar-refractivity contribution in [3.63, 3.8) is 0 Å². The molecule has 1 aliphatic heterocycles. The average Bonchev–Trinajstić information content (AvgIpc) is 3.32. The number of amides is 1. The van der Waals surface area contributed by atoms with Crippen LogP contribution in [0.2, 0.25) is 0 Å². The molecule has 208 valence electrons. The minimum atomic E-state index is -0.370. The lowest BCUT2D eigenvalue weighted by Crippen LogP contribution is -2.45. The first-order valence-corrected chi connectivity index (χ1v) is 13.8. The number of benzene rings is 3. The molecule has 0 saturated carbocycles. The van der Waals surface area contributed by atoms with Crippen molar-refractivity contribution < 1.29 is 14.3 Å². The van der Waals surface area contributed by atoms with E-state index in [0.29, 0.717) is 27.7 Å². The van der Waals surface area contributed by atoms with E-state index in [0.717, 1.165) is 31.3 Å². The second kappa shape index (κ2) is 11.0. The summed E-state index contributed by atoms with van der Waals surface area (Å²) in [6.45, 7) is 1.55. The standard InChI is InChI=1S/C33H32N4O4/c1-35-29-25-15-9-10-16-26(25)37(21-27(38)22-11-5-3-6-12-22)33(40)28(29)31(41-2)30(35)32(39)34-23-17-19-36(20-18-23)24-13-7-4-8-14-24/h3-16,23H,17-21H2,1-2H3,(H,34,39). The number of anilines is 1. The molecular formula is C33H32N4O4. The molecule has 3 heterocycles. The van der Waals surface area contributed by atoms with Crippen LogP contribution >= 0.6 is 0 Å². The molecule has 0 unspecified atom stereocenters. The number of fused-ring (bicyclic) bond motifs is 3. The summed E-state index contributed by atoms with van der Waals surface area (Å²) in [4.78, 5) is 43.2. The number of para-hydroxylation sites is 2. The number of methoxy groups -OCH3 is 1. The van der Waals surface area contributed by atoms with Gasteiger partial charge in [-0.15, -0.1) is 0 Å². The number of rotatable bonds is 7. The number of carbonyl (C=O) groups excluding carboxylic acids is 2. The average molecular weight is 549 g/mol. The lowest BCUT2D eigenvalue weighted by molar-refractivity contribution is 0.0918. The van der Waals surface area contributed by atoms with Gasteiger partial charge in [-0.25, -0.2) is 0 Å². The smallest absolute Gasteiger partial charge is 0.272 e. The van der Waals surface area contributed by atoms with Gasteiger partial charge in [-0.1, -0.05) is 66.7 Å². The number of ether oxygens (including phenoxy) is 1. The third-order valence-corrected chi connectivity index (χ3v) is 8.03. The van der Waals surface area contributed by atoms with E-state index < -0.39 is 0 Å². The zero-order valence-electron chi connectivity index (χ0n) is 23.2. The first-order chi connectivity index (χ1) is 20.0. The topological polar surface area (TPSA) is 85.6 Å². The van der Waals surface area contributed by atoms with Crippen molar-refractivity contribution in [2.75, 3.05) is 25.1 Å². The Morgan fingerprint density at radius 3 is 2.22 bits per heavy atom. The van der Waals surface area contributed by atoms with Gasteiger partial charge in [0, 0.05) is 42.8 Å². The maximum absolute atomic E-state index is 14.0. The third-order valence-electron chi connectivity index (χ3n) is 8.03. The second-order valence-electron chi connectivity index (χ2n) is 10.4. The number of aryl methyl sites for hydroxylation is 1. The van der Waals surface area contributed by atoms with E-state index in [4.69, 9.17) is 4.74 Å². The van der Waals surface area contributed by atoms with Gasteiger partial charge in [0.05, 0.1) is 24.7 Å². The van der Waals surface area contributed by atoms with Gasteiger partial charge >= 0.3 is 0 Å². The van der Waals surface area contributed by atoms with E-state index in [1.165, 1.54) is 17.4 Å². The van der Waals surface area contributed by atoms with Gasteiger partial charge in [-0.05, 0) is 31.0 Å². The van der Waals surface area contributed by atoms with Crippen LogP contribution in [0.25, 0.3) is 21.8 Å². The fraction of sp³-hybridized carbons (Fsp3) is 0.242. The van der Waals surface area contributed by atoms with E-state index in [1.54, 1.807) is 35.9 Å². The Hall–Kier alpha value is -4.85. The van der Waals surface area contributed by atoms with Gasteiger partial charge < -0.3 is 19.5 Å². The molecule has 0 atom stereocenters. The first-order valence-electron chi connectivity index (χ1n) is 13.8. The van der Waals surface area contributed by atoms with E-state index in [-0.39, 0.29) is 35.6 Å². The molecule has 1 N–H and O–H groups in total. The highest BCUT2D eigenvalue weighted by Crippen LogP contribution is 2.35. The molecular weight excluding hydrogens is 516 g/mol. The SMILES string of the molecule is COc1c(C(=O)NC2CCN(c3ccccc3)CC2)n(C)c2c1c(=O)n(CC(=O)c1ccccc1)c1ccccc21. The summed E-state index contributed by atoms with van der Waals surface area (Å²) in [6.07, 6.45) is 1.62. The normalized spacial score (nSPS) is 14.0. The lowest BCUT2D eigenvalue weighted by atomic mass is 10.0. The van der Waals surface area contributed by atoms with Crippen LogP contribution in [0.15, 0.2) is 89.7 Å². The lowest BCUT2D eigenvalue weighted by Gasteiger charge is -2.34. The molecule has 41 heavy (non-hydrogen) atoms. The Bertz CT molecular complexity index is 1800. The quantitative estimate of drug-likeness (QED) is 0.296. The molecule has 8 nitrogen and oxygen atoms in total. The zero-order valence-corrected chi connectivity index (χ0v) is 23.2.